The molecule has 0 fully saturated rings. The molecule has 6 heteroatoms. The third-order valence-corrected chi connectivity index (χ3v) is 3.69. The number of rotatable bonds is 3. The minimum absolute atomic E-state index is 0.191. The summed E-state index contributed by atoms with van der Waals surface area (Å²) in [6.07, 6.45) is 0. The number of pyridine rings is 1. The first-order valence-corrected chi connectivity index (χ1v) is 6.91. The summed E-state index contributed by atoms with van der Waals surface area (Å²) in [5.41, 5.74) is 1.70. The van der Waals surface area contributed by atoms with Crippen LogP contribution in [0.25, 0.3) is 22.4 Å². The number of ether oxygens (including phenoxy) is 1. The van der Waals surface area contributed by atoms with Gasteiger partial charge in [0, 0.05) is 12.5 Å². The molecule has 0 saturated carbocycles. The standard InChI is InChI=1S/C16H17N3O3/c1-9-12(8-10-7-11(20)5-6-13(10)17-9)14-18-15(19-22-14)16(2,3)21-4/h5-8,20H,1-4H3. The molecule has 0 aliphatic heterocycles. The van der Waals surface area contributed by atoms with Gasteiger partial charge in [-0.2, -0.15) is 4.98 Å². The predicted octanol–water partition coefficient (Wildman–Crippen LogP) is 3.18. The van der Waals surface area contributed by atoms with Gasteiger partial charge in [0.15, 0.2) is 0 Å². The zero-order valence-corrected chi connectivity index (χ0v) is 12.9. The summed E-state index contributed by atoms with van der Waals surface area (Å²) < 4.78 is 10.7. The quantitative estimate of drug-likeness (QED) is 0.800. The monoisotopic (exact) mass is 299 g/mol. The molecule has 0 aliphatic rings. The molecule has 0 atom stereocenters. The summed E-state index contributed by atoms with van der Waals surface area (Å²) in [4.78, 5) is 8.92. The Balaban J connectivity index is 2.12. The van der Waals surface area contributed by atoms with Crippen LogP contribution < -0.4 is 0 Å². The van der Waals surface area contributed by atoms with E-state index in [0.29, 0.717) is 11.7 Å². The van der Waals surface area contributed by atoms with Crippen LogP contribution in [-0.2, 0) is 10.3 Å². The average Bonchev–Trinajstić information content (AvgIpc) is 2.97. The molecule has 2 aromatic heterocycles. The van der Waals surface area contributed by atoms with Gasteiger partial charge in [0.1, 0.15) is 11.4 Å². The maximum atomic E-state index is 9.61. The van der Waals surface area contributed by atoms with Crippen LogP contribution in [0.4, 0.5) is 0 Å². The highest BCUT2D eigenvalue weighted by Gasteiger charge is 2.27. The number of aromatic nitrogens is 3. The predicted molar refractivity (Wildman–Crippen MR) is 81.5 cm³/mol. The summed E-state index contributed by atoms with van der Waals surface area (Å²) in [7, 11) is 1.60. The number of phenolic OH excluding ortho intramolecular Hbond substituents is 1. The molecule has 0 amide bonds. The molecule has 1 N–H and O–H groups in total. The van der Waals surface area contributed by atoms with E-state index >= 15 is 0 Å². The Hall–Kier alpha value is -2.47. The Morgan fingerprint density at radius 2 is 1.95 bits per heavy atom. The number of aryl methyl sites for hydroxylation is 1. The molecule has 2 heterocycles. The lowest BCUT2D eigenvalue weighted by Crippen LogP contribution is -2.21. The van der Waals surface area contributed by atoms with Crippen molar-refractivity contribution in [2.24, 2.45) is 0 Å². The molecule has 1 aromatic carbocycles. The van der Waals surface area contributed by atoms with Gasteiger partial charge >= 0.3 is 0 Å². The Bertz CT molecular complexity index is 840. The molecule has 0 spiro atoms. The molecule has 0 aliphatic carbocycles. The second-order valence-electron chi connectivity index (χ2n) is 5.64. The fourth-order valence-corrected chi connectivity index (χ4v) is 2.15. The smallest absolute Gasteiger partial charge is 0.259 e. The zero-order valence-electron chi connectivity index (χ0n) is 12.9. The number of hydrogen-bond acceptors (Lipinski definition) is 6. The summed E-state index contributed by atoms with van der Waals surface area (Å²) in [5, 5.41) is 14.4. The summed E-state index contributed by atoms with van der Waals surface area (Å²) in [5.74, 6) is 1.05. The van der Waals surface area contributed by atoms with Crippen molar-refractivity contribution in [3.05, 3.63) is 35.8 Å². The normalized spacial score (nSPS) is 12.0. The van der Waals surface area contributed by atoms with Crippen molar-refractivity contribution in [2.45, 2.75) is 26.4 Å². The third kappa shape index (κ3) is 2.42. The van der Waals surface area contributed by atoms with Crippen molar-refractivity contribution in [1.82, 2.24) is 15.1 Å². The van der Waals surface area contributed by atoms with Crippen molar-refractivity contribution >= 4 is 10.9 Å². The number of nitrogens with zero attached hydrogens (tertiary/aromatic N) is 3. The highest BCUT2D eigenvalue weighted by Crippen LogP contribution is 2.29. The SMILES string of the molecule is COC(C)(C)c1noc(-c2cc3cc(O)ccc3nc2C)n1. The van der Waals surface area contributed by atoms with Crippen molar-refractivity contribution < 1.29 is 14.4 Å². The molecule has 0 radical (unpaired) electrons. The minimum Gasteiger partial charge on any atom is -0.508 e. The lowest BCUT2D eigenvalue weighted by molar-refractivity contribution is 0.00973. The van der Waals surface area contributed by atoms with Crippen LogP contribution in [0.1, 0.15) is 25.4 Å². The zero-order chi connectivity index (χ0) is 15.9. The number of hydrogen-bond donors (Lipinski definition) is 1. The van der Waals surface area contributed by atoms with Gasteiger partial charge in [0.25, 0.3) is 5.89 Å². The Labute approximate surface area is 127 Å². The summed E-state index contributed by atoms with van der Waals surface area (Å²) in [6, 6.07) is 6.92. The number of aromatic hydroxyl groups is 1. The molecular weight excluding hydrogens is 282 g/mol. The Kier molecular flexibility index (Phi) is 3.33. The molecule has 3 rings (SSSR count). The van der Waals surface area contributed by atoms with Crippen molar-refractivity contribution in [3.8, 4) is 17.2 Å². The van der Waals surface area contributed by atoms with Crippen molar-refractivity contribution in [2.75, 3.05) is 7.11 Å². The Morgan fingerprint density at radius 3 is 2.68 bits per heavy atom. The van der Waals surface area contributed by atoms with Crippen molar-refractivity contribution in [1.29, 1.82) is 0 Å². The molecule has 6 nitrogen and oxygen atoms in total. The minimum atomic E-state index is -0.627. The second kappa shape index (κ2) is 5.06. The average molecular weight is 299 g/mol. The summed E-state index contributed by atoms with van der Waals surface area (Å²) in [6.45, 7) is 5.61. The van der Waals surface area contributed by atoms with E-state index in [4.69, 9.17) is 9.26 Å². The first kappa shape index (κ1) is 14.5. The molecule has 114 valence electrons. The van der Waals surface area contributed by atoms with E-state index < -0.39 is 5.60 Å². The second-order valence-corrected chi connectivity index (χ2v) is 5.64. The van der Waals surface area contributed by atoms with Gasteiger partial charge in [-0.05, 0) is 45.0 Å². The fraction of sp³-hybridized carbons (Fsp3) is 0.312. The number of methoxy groups -OCH3 is 1. The van der Waals surface area contributed by atoms with E-state index in [1.54, 1.807) is 25.3 Å². The van der Waals surface area contributed by atoms with Gasteiger partial charge in [0.2, 0.25) is 5.82 Å². The van der Waals surface area contributed by atoms with Crippen LogP contribution in [0.15, 0.2) is 28.8 Å². The largest absolute Gasteiger partial charge is 0.508 e. The molecule has 3 aromatic rings. The number of benzene rings is 1. The van der Waals surface area contributed by atoms with Crippen LogP contribution in [0.3, 0.4) is 0 Å². The highest BCUT2D eigenvalue weighted by atomic mass is 16.5. The Morgan fingerprint density at radius 1 is 1.18 bits per heavy atom. The van der Waals surface area contributed by atoms with Crippen LogP contribution in [0.2, 0.25) is 0 Å². The van der Waals surface area contributed by atoms with Crippen LogP contribution >= 0.6 is 0 Å². The molecular formula is C16H17N3O3. The van der Waals surface area contributed by atoms with E-state index in [2.05, 4.69) is 15.1 Å². The van der Waals surface area contributed by atoms with E-state index in [-0.39, 0.29) is 5.75 Å². The van der Waals surface area contributed by atoms with Gasteiger partial charge in [-0.15, -0.1) is 0 Å². The van der Waals surface area contributed by atoms with Crippen LogP contribution in [0, 0.1) is 6.92 Å². The topological polar surface area (TPSA) is 81.3 Å². The lowest BCUT2D eigenvalue weighted by Gasteiger charge is -2.17. The third-order valence-electron chi connectivity index (χ3n) is 3.69. The summed E-state index contributed by atoms with van der Waals surface area (Å²) >= 11 is 0. The van der Waals surface area contributed by atoms with E-state index in [1.807, 2.05) is 26.8 Å². The van der Waals surface area contributed by atoms with E-state index in [9.17, 15) is 5.11 Å². The molecule has 0 saturated heterocycles. The highest BCUT2D eigenvalue weighted by molar-refractivity contribution is 5.84. The molecule has 0 unspecified atom stereocenters. The van der Waals surface area contributed by atoms with Gasteiger partial charge in [0.05, 0.1) is 16.8 Å². The lowest BCUT2D eigenvalue weighted by atomic mass is 10.1. The van der Waals surface area contributed by atoms with Crippen LogP contribution in [0.5, 0.6) is 5.75 Å². The number of phenols is 1. The van der Waals surface area contributed by atoms with Gasteiger partial charge < -0.3 is 14.4 Å². The molecule has 22 heavy (non-hydrogen) atoms. The maximum Gasteiger partial charge on any atom is 0.259 e. The van der Waals surface area contributed by atoms with E-state index in [1.165, 1.54) is 0 Å². The van der Waals surface area contributed by atoms with E-state index in [0.717, 1.165) is 22.2 Å². The van der Waals surface area contributed by atoms with Crippen molar-refractivity contribution in [3.63, 3.8) is 0 Å². The first-order chi connectivity index (χ1) is 10.4. The fourth-order valence-electron chi connectivity index (χ4n) is 2.15. The molecule has 0 bridgehead atoms. The van der Waals surface area contributed by atoms with Gasteiger partial charge in [-0.1, -0.05) is 5.16 Å². The van der Waals surface area contributed by atoms with Gasteiger partial charge in [-0.25, -0.2) is 0 Å². The maximum absolute atomic E-state index is 9.61. The van der Waals surface area contributed by atoms with Crippen LogP contribution in [-0.4, -0.2) is 27.3 Å². The van der Waals surface area contributed by atoms with Gasteiger partial charge in [-0.3, -0.25) is 4.98 Å². The first-order valence-electron chi connectivity index (χ1n) is 6.91. The number of fused-ring (bicyclic) bond motifs is 1.